The second-order valence-electron chi connectivity index (χ2n) is 4.23. The van der Waals surface area contributed by atoms with Gasteiger partial charge < -0.3 is 4.74 Å². The van der Waals surface area contributed by atoms with Gasteiger partial charge in [-0.05, 0) is 17.9 Å². The molecule has 2 rings (SSSR count). The van der Waals surface area contributed by atoms with Gasteiger partial charge in [-0.1, -0.05) is 42.1 Å². The molecule has 0 saturated heterocycles. The molecule has 0 spiro atoms. The summed E-state index contributed by atoms with van der Waals surface area (Å²) in [7, 11) is 0. The van der Waals surface area contributed by atoms with Crippen molar-refractivity contribution >= 4 is 17.5 Å². The SMILES string of the molecule is CSc1nccc(CC(=O)COCc2ccccc2)n1. The summed E-state index contributed by atoms with van der Waals surface area (Å²) in [5, 5.41) is 0.681. The number of ether oxygens (including phenoxy) is 1. The molecule has 0 fully saturated rings. The van der Waals surface area contributed by atoms with E-state index in [1.54, 1.807) is 12.3 Å². The number of carbonyl (C=O) groups excluding carboxylic acids is 1. The molecular weight excluding hydrogens is 272 g/mol. The molecule has 104 valence electrons. The monoisotopic (exact) mass is 288 g/mol. The van der Waals surface area contributed by atoms with E-state index in [-0.39, 0.29) is 18.8 Å². The highest BCUT2D eigenvalue weighted by atomic mass is 32.2. The van der Waals surface area contributed by atoms with Crippen LogP contribution in [0.15, 0.2) is 47.8 Å². The van der Waals surface area contributed by atoms with E-state index in [1.165, 1.54) is 11.8 Å². The first-order valence-corrected chi connectivity index (χ1v) is 7.49. The van der Waals surface area contributed by atoms with Gasteiger partial charge in [0.05, 0.1) is 18.7 Å². The first-order valence-electron chi connectivity index (χ1n) is 6.27. The second-order valence-corrected chi connectivity index (χ2v) is 5.00. The molecule has 0 amide bonds. The molecule has 1 aromatic heterocycles. The minimum absolute atomic E-state index is 0.0201. The molecule has 1 aromatic carbocycles. The van der Waals surface area contributed by atoms with Crippen LogP contribution in [0, 0.1) is 0 Å². The Hall–Kier alpha value is -1.72. The molecule has 0 radical (unpaired) electrons. The maximum absolute atomic E-state index is 11.8. The Morgan fingerprint density at radius 3 is 2.80 bits per heavy atom. The van der Waals surface area contributed by atoms with E-state index < -0.39 is 0 Å². The number of aromatic nitrogens is 2. The number of nitrogens with zero attached hydrogens (tertiary/aromatic N) is 2. The van der Waals surface area contributed by atoms with Crippen LogP contribution in [0.2, 0.25) is 0 Å². The smallest absolute Gasteiger partial charge is 0.187 e. The van der Waals surface area contributed by atoms with Crippen LogP contribution >= 0.6 is 11.8 Å². The van der Waals surface area contributed by atoms with Gasteiger partial charge in [-0.15, -0.1) is 0 Å². The van der Waals surface area contributed by atoms with E-state index in [0.29, 0.717) is 11.8 Å². The van der Waals surface area contributed by atoms with Gasteiger partial charge >= 0.3 is 0 Å². The fourth-order valence-corrected chi connectivity index (χ4v) is 2.06. The summed E-state index contributed by atoms with van der Waals surface area (Å²) >= 11 is 1.46. The van der Waals surface area contributed by atoms with Crippen LogP contribution in [-0.2, 0) is 22.6 Å². The van der Waals surface area contributed by atoms with Gasteiger partial charge in [0.15, 0.2) is 10.9 Å². The number of hydrogen-bond acceptors (Lipinski definition) is 5. The Morgan fingerprint density at radius 1 is 1.25 bits per heavy atom. The molecule has 1 heterocycles. The van der Waals surface area contributed by atoms with Gasteiger partial charge in [0, 0.05) is 6.20 Å². The molecule has 0 aliphatic heterocycles. The van der Waals surface area contributed by atoms with Gasteiger partial charge in [-0.25, -0.2) is 9.97 Å². The zero-order valence-electron chi connectivity index (χ0n) is 11.3. The second kappa shape index (κ2) is 7.77. The molecule has 4 nitrogen and oxygen atoms in total. The lowest BCUT2D eigenvalue weighted by atomic mass is 10.2. The van der Waals surface area contributed by atoms with Crippen LogP contribution in [0.1, 0.15) is 11.3 Å². The number of rotatable bonds is 7. The zero-order chi connectivity index (χ0) is 14.2. The fraction of sp³-hybridized carbons (Fsp3) is 0.267. The van der Waals surface area contributed by atoms with Crippen molar-refractivity contribution in [2.45, 2.75) is 18.2 Å². The molecule has 20 heavy (non-hydrogen) atoms. The largest absolute Gasteiger partial charge is 0.369 e. The molecule has 2 aromatic rings. The van der Waals surface area contributed by atoms with E-state index in [2.05, 4.69) is 9.97 Å². The molecular formula is C15H16N2O2S. The minimum atomic E-state index is 0.0201. The van der Waals surface area contributed by atoms with Crippen LogP contribution in [0.3, 0.4) is 0 Å². The van der Waals surface area contributed by atoms with E-state index in [1.807, 2.05) is 36.6 Å². The van der Waals surface area contributed by atoms with Crippen molar-refractivity contribution in [3.8, 4) is 0 Å². The van der Waals surface area contributed by atoms with Crippen LogP contribution < -0.4 is 0 Å². The molecule has 0 unspecified atom stereocenters. The highest BCUT2D eigenvalue weighted by molar-refractivity contribution is 7.98. The van der Waals surface area contributed by atoms with Crippen molar-refractivity contribution in [2.75, 3.05) is 12.9 Å². The van der Waals surface area contributed by atoms with Crippen molar-refractivity contribution in [3.05, 3.63) is 53.9 Å². The number of carbonyl (C=O) groups is 1. The third-order valence-electron chi connectivity index (χ3n) is 2.63. The Balaban J connectivity index is 1.77. The number of thioether (sulfide) groups is 1. The molecule has 0 atom stereocenters. The zero-order valence-corrected chi connectivity index (χ0v) is 12.1. The third kappa shape index (κ3) is 4.75. The summed E-state index contributed by atoms with van der Waals surface area (Å²) in [6.07, 6.45) is 3.86. The molecule has 0 N–H and O–H groups in total. The summed E-state index contributed by atoms with van der Waals surface area (Å²) in [5.74, 6) is 0.0201. The van der Waals surface area contributed by atoms with Crippen LogP contribution in [0.25, 0.3) is 0 Å². The van der Waals surface area contributed by atoms with Gasteiger partial charge in [0.2, 0.25) is 0 Å². The minimum Gasteiger partial charge on any atom is -0.369 e. The van der Waals surface area contributed by atoms with Gasteiger partial charge in [-0.3, -0.25) is 4.79 Å². The molecule has 5 heteroatoms. The Morgan fingerprint density at radius 2 is 2.05 bits per heavy atom. The lowest BCUT2D eigenvalue weighted by Crippen LogP contribution is -2.12. The van der Waals surface area contributed by atoms with Crippen molar-refractivity contribution in [2.24, 2.45) is 0 Å². The van der Waals surface area contributed by atoms with Crippen molar-refractivity contribution < 1.29 is 9.53 Å². The normalized spacial score (nSPS) is 10.4. The summed E-state index contributed by atoms with van der Waals surface area (Å²) in [6.45, 7) is 0.555. The van der Waals surface area contributed by atoms with E-state index >= 15 is 0 Å². The van der Waals surface area contributed by atoms with Crippen LogP contribution in [0.5, 0.6) is 0 Å². The van der Waals surface area contributed by atoms with E-state index in [4.69, 9.17) is 4.74 Å². The molecule has 0 saturated carbocycles. The van der Waals surface area contributed by atoms with Crippen molar-refractivity contribution in [1.82, 2.24) is 9.97 Å². The first-order chi connectivity index (χ1) is 9.78. The van der Waals surface area contributed by atoms with Crippen LogP contribution in [0.4, 0.5) is 0 Å². The average Bonchev–Trinajstić information content (AvgIpc) is 2.48. The van der Waals surface area contributed by atoms with E-state index in [0.717, 1.165) is 11.3 Å². The summed E-state index contributed by atoms with van der Waals surface area (Å²) < 4.78 is 5.41. The predicted molar refractivity (Wildman–Crippen MR) is 78.6 cm³/mol. The molecule has 0 aliphatic carbocycles. The lowest BCUT2D eigenvalue weighted by molar-refractivity contribution is -0.123. The number of hydrogen-bond donors (Lipinski definition) is 0. The Bertz CT molecular complexity index is 561. The summed E-state index contributed by atoms with van der Waals surface area (Å²) in [5.41, 5.74) is 1.80. The predicted octanol–water partition coefficient (Wildman–Crippen LogP) is 2.53. The first kappa shape index (κ1) is 14.7. The highest BCUT2D eigenvalue weighted by Gasteiger charge is 2.06. The summed E-state index contributed by atoms with van der Waals surface area (Å²) in [4.78, 5) is 20.2. The number of benzene rings is 1. The number of Topliss-reactive ketones (excluding diaryl/α,β-unsaturated/α-hetero) is 1. The summed E-state index contributed by atoms with van der Waals surface area (Å²) in [6, 6.07) is 11.6. The fourth-order valence-electron chi connectivity index (χ4n) is 1.68. The van der Waals surface area contributed by atoms with Gasteiger partial charge in [-0.2, -0.15) is 0 Å². The topological polar surface area (TPSA) is 52.1 Å². The maximum Gasteiger partial charge on any atom is 0.187 e. The van der Waals surface area contributed by atoms with Crippen molar-refractivity contribution in [1.29, 1.82) is 0 Å². The van der Waals surface area contributed by atoms with Gasteiger partial charge in [0.25, 0.3) is 0 Å². The molecule has 0 aliphatic rings. The maximum atomic E-state index is 11.8. The lowest BCUT2D eigenvalue weighted by Gasteiger charge is -2.04. The third-order valence-corrected chi connectivity index (χ3v) is 3.19. The Labute approximate surface area is 122 Å². The quantitative estimate of drug-likeness (QED) is 0.579. The Kier molecular flexibility index (Phi) is 5.70. The van der Waals surface area contributed by atoms with E-state index in [9.17, 15) is 4.79 Å². The number of ketones is 1. The average molecular weight is 288 g/mol. The van der Waals surface area contributed by atoms with Gasteiger partial charge in [0.1, 0.15) is 6.61 Å². The standard InChI is InChI=1S/C15H16N2O2S/c1-20-15-16-8-7-13(17-15)9-14(18)11-19-10-12-5-3-2-4-6-12/h2-8H,9-11H2,1H3. The van der Waals surface area contributed by atoms with Crippen LogP contribution in [-0.4, -0.2) is 28.6 Å². The highest BCUT2D eigenvalue weighted by Crippen LogP contribution is 2.08. The molecule has 0 bridgehead atoms. The van der Waals surface area contributed by atoms with Crippen molar-refractivity contribution in [3.63, 3.8) is 0 Å².